The highest BCUT2D eigenvalue weighted by Crippen LogP contribution is 2.25. The van der Waals surface area contributed by atoms with Crippen LogP contribution in [0.5, 0.6) is 0 Å². The SMILES string of the molecule is CCC(NC(=O)c1sc(CC(C)C)nc1C)c1cccs1. The minimum absolute atomic E-state index is 0.000237. The van der Waals surface area contributed by atoms with E-state index in [-0.39, 0.29) is 11.9 Å². The zero-order chi connectivity index (χ0) is 15.4. The highest BCUT2D eigenvalue weighted by atomic mass is 32.1. The Hall–Kier alpha value is -1.20. The summed E-state index contributed by atoms with van der Waals surface area (Å²) in [5.41, 5.74) is 0.842. The molecular formula is C16H22N2OS2. The summed E-state index contributed by atoms with van der Waals surface area (Å²) in [5, 5.41) is 6.23. The van der Waals surface area contributed by atoms with Gasteiger partial charge in [-0.2, -0.15) is 0 Å². The van der Waals surface area contributed by atoms with E-state index < -0.39 is 0 Å². The number of hydrogen-bond donors (Lipinski definition) is 1. The van der Waals surface area contributed by atoms with E-state index in [4.69, 9.17) is 0 Å². The second-order valence-electron chi connectivity index (χ2n) is 5.57. The molecule has 0 fully saturated rings. The fourth-order valence-electron chi connectivity index (χ4n) is 2.19. The molecule has 0 aliphatic heterocycles. The van der Waals surface area contributed by atoms with Gasteiger partial charge in [0.25, 0.3) is 5.91 Å². The minimum atomic E-state index is 0.000237. The van der Waals surface area contributed by atoms with Gasteiger partial charge in [0.15, 0.2) is 0 Å². The summed E-state index contributed by atoms with van der Waals surface area (Å²) in [6.07, 6.45) is 1.82. The van der Waals surface area contributed by atoms with E-state index in [9.17, 15) is 4.79 Å². The third kappa shape index (κ3) is 4.14. The molecule has 1 N–H and O–H groups in total. The molecule has 21 heavy (non-hydrogen) atoms. The van der Waals surface area contributed by atoms with Gasteiger partial charge in [0.1, 0.15) is 4.88 Å². The quantitative estimate of drug-likeness (QED) is 0.845. The first kappa shape index (κ1) is 16.2. The molecule has 0 radical (unpaired) electrons. The molecule has 1 unspecified atom stereocenters. The van der Waals surface area contributed by atoms with E-state index in [0.29, 0.717) is 5.92 Å². The Morgan fingerprint density at radius 1 is 1.43 bits per heavy atom. The highest BCUT2D eigenvalue weighted by molar-refractivity contribution is 7.13. The summed E-state index contributed by atoms with van der Waals surface area (Å²) in [6, 6.07) is 4.18. The van der Waals surface area contributed by atoms with E-state index in [0.717, 1.165) is 28.4 Å². The fraction of sp³-hybridized carbons (Fsp3) is 0.500. The minimum Gasteiger partial charge on any atom is -0.344 e. The molecule has 0 bridgehead atoms. The Morgan fingerprint density at radius 2 is 2.19 bits per heavy atom. The average molecular weight is 322 g/mol. The zero-order valence-corrected chi connectivity index (χ0v) is 14.6. The Labute approximate surface area is 134 Å². The van der Waals surface area contributed by atoms with Crippen LogP contribution in [0.2, 0.25) is 0 Å². The van der Waals surface area contributed by atoms with E-state index in [2.05, 4.69) is 37.1 Å². The summed E-state index contributed by atoms with van der Waals surface area (Å²) < 4.78 is 0. The van der Waals surface area contributed by atoms with Crippen molar-refractivity contribution in [3.05, 3.63) is 38.0 Å². The normalized spacial score (nSPS) is 12.6. The summed E-state index contributed by atoms with van der Waals surface area (Å²) in [5.74, 6) is 0.557. The average Bonchev–Trinajstić information content (AvgIpc) is 3.05. The van der Waals surface area contributed by atoms with Crippen LogP contribution in [0.4, 0.5) is 0 Å². The summed E-state index contributed by atoms with van der Waals surface area (Å²) in [6.45, 7) is 8.34. The van der Waals surface area contributed by atoms with Crippen LogP contribution in [0.25, 0.3) is 0 Å². The lowest BCUT2D eigenvalue weighted by Gasteiger charge is -2.14. The number of carbonyl (C=O) groups excluding carboxylic acids is 1. The Kier molecular flexibility index (Phi) is 5.53. The molecule has 2 aromatic rings. The first-order valence-corrected chi connectivity index (χ1v) is 9.01. The number of nitrogens with zero attached hydrogens (tertiary/aromatic N) is 1. The molecule has 0 spiro atoms. The van der Waals surface area contributed by atoms with Crippen molar-refractivity contribution >= 4 is 28.6 Å². The second kappa shape index (κ2) is 7.18. The molecule has 0 aromatic carbocycles. The fourth-order valence-corrected chi connectivity index (χ4v) is 4.23. The Balaban J connectivity index is 2.11. The maximum Gasteiger partial charge on any atom is 0.263 e. The number of amides is 1. The molecule has 0 saturated carbocycles. The Morgan fingerprint density at radius 3 is 2.76 bits per heavy atom. The summed E-state index contributed by atoms with van der Waals surface area (Å²) in [7, 11) is 0. The van der Waals surface area contributed by atoms with Crippen molar-refractivity contribution in [1.29, 1.82) is 0 Å². The number of aromatic nitrogens is 1. The number of aryl methyl sites for hydroxylation is 1. The maximum absolute atomic E-state index is 12.5. The highest BCUT2D eigenvalue weighted by Gasteiger charge is 2.19. The molecule has 0 aliphatic carbocycles. The van der Waals surface area contributed by atoms with Crippen LogP contribution in [-0.2, 0) is 6.42 Å². The van der Waals surface area contributed by atoms with Gasteiger partial charge in [-0.05, 0) is 30.7 Å². The monoisotopic (exact) mass is 322 g/mol. The molecule has 2 aromatic heterocycles. The number of hydrogen-bond acceptors (Lipinski definition) is 4. The molecule has 1 amide bonds. The van der Waals surface area contributed by atoms with Crippen LogP contribution in [-0.4, -0.2) is 10.9 Å². The van der Waals surface area contributed by atoms with Crippen molar-refractivity contribution in [2.75, 3.05) is 0 Å². The van der Waals surface area contributed by atoms with Crippen molar-refractivity contribution < 1.29 is 4.79 Å². The van der Waals surface area contributed by atoms with Crippen molar-refractivity contribution in [3.8, 4) is 0 Å². The van der Waals surface area contributed by atoms with Gasteiger partial charge in [0.2, 0.25) is 0 Å². The van der Waals surface area contributed by atoms with Crippen LogP contribution in [0.15, 0.2) is 17.5 Å². The molecule has 2 heterocycles. The van der Waals surface area contributed by atoms with Crippen molar-refractivity contribution in [1.82, 2.24) is 10.3 Å². The lowest BCUT2D eigenvalue weighted by Crippen LogP contribution is -2.27. The summed E-state index contributed by atoms with van der Waals surface area (Å²) >= 11 is 3.21. The van der Waals surface area contributed by atoms with Gasteiger partial charge >= 0.3 is 0 Å². The van der Waals surface area contributed by atoms with Gasteiger partial charge in [-0.1, -0.05) is 26.8 Å². The maximum atomic E-state index is 12.5. The lowest BCUT2D eigenvalue weighted by atomic mass is 10.1. The number of nitrogens with one attached hydrogen (secondary N) is 1. The first-order valence-electron chi connectivity index (χ1n) is 7.31. The van der Waals surface area contributed by atoms with Crippen LogP contribution in [0.1, 0.15) is 58.5 Å². The molecule has 114 valence electrons. The van der Waals surface area contributed by atoms with Crippen LogP contribution >= 0.6 is 22.7 Å². The van der Waals surface area contributed by atoms with Gasteiger partial charge < -0.3 is 5.32 Å². The predicted molar refractivity (Wildman–Crippen MR) is 90.2 cm³/mol. The zero-order valence-electron chi connectivity index (χ0n) is 13.0. The van der Waals surface area contributed by atoms with Crippen molar-refractivity contribution in [2.24, 2.45) is 5.92 Å². The topological polar surface area (TPSA) is 42.0 Å². The van der Waals surface area contributed by atoms with Gasteiger partial charge in [0, 0.05) is 11.3 Å². The van der Waals surface area contributed by atoms with Gasteiger partial charge in [-0.3, -0.25) is 4.79 Å². The van der Waals surface area contributed by atoms with Crippen molar-refractivity contribution in [2.45, 2.75) is 46.6 Å². The number of thiazole rings is 1. The molecular weight excluding hydrogens is 300 g/mol. The Bertz CT molecular complexity index is 587. The second-order valence-corrected chi connectivity index (χ2v) is 7.63. The third-order valence-corrected chi connectivity index (χ3v) is 5.39. The van der Waals surface area contributed by atoms with Gasteiger partial charge in [-0.25, -0.2) is 4.98 Å². The number of carbonyl (C=O) groups is 1. The molecule has 5 heteroatoms. The molecule has 1 atom stereocenters. The van der Waals surface area contributed by atoms with Crippen molar-refractivity contribution in [3.63, 3.8) is 0 Å². The molecule has 0 saturated heterocycles. The molecule has 2 rings (SSSR count). The van der Waals surface area contributed by atoms with E-state index >= 15 is 0 Å². The predicted octanol–water partition coefficient (Wildman–Crippen LogP) is 4.59. The van der Waals surface area contributed by atoms with Gasteiger partial charge in [0.05, 0.1) is 16.7 Å². The van der Waals surface area contributed by atoms with Crippen LogP contribution in [0, 0.1) is 12.8 Å². The first-order chi connectivity index (χ1) is 10.0. The number of rotatable bonds is 6. The lowest BCUT2D eigenvalue weighted by molar-refractivity contribution is 0.0939. The smallest absolute Gasteiger partial charge is 0.263 e. The third-order valence-electron chi connectivity index (χ3n) is 3.23. The standard InChI is InChI=1S/C16H22N2OS2/c1-5-12(13-7-6-8-20-13)18-16(19)15-11(4)17-14(21-15)9-10(2)3/h6-8,10,12H,5,9H2,1-4H3,(H,18,19). The summed E-state index contributed by atoms with van der Waals surface area (Å²) in [4.78, 5) is 19.0. The van der Waals surface area contributed by atoms with E-state index in [1.54, 1.807) is 11.3 Å². The molecule has 3 nitrogen and oxygen atoms in total. The van der Waals surface area contributed by atoms with Crippen LogP contribution < -0.4 is 5.32 Å². The van der Waals surface area contributed by atoms with Gasteiger partial charge in [-0.15, -0.1) is 22.7 Å². The van der Waals surface area contributed by atoms with E-state index in [1.165, 1.54) is 16.2 Å². The van der Waals surface area contributed by atoms with Crippen LogP contribution in [0.3, 0.4) is 0 Å². The van der Waals surface area contributed by atoms with E-state index in [1.807, 2.05) is 18.4 Å². The largest absolute Gasteiger partial charge is 0.344 e. The number of thiophene rings is 1. The molecule has 0 aliphatic rings.